The first-order chi connectivity index (χ1) is 14.7. The maximum Gasteiger partial charge on any atom is 0.408 e. The Morgan fingerprint density at radius 1 is 0.900 bits per heavy atom. The first kappa shape index (κ1) is 20.5. The largest absolute Gasteiger partial charge is 0.487 e. The summed E-state index contributed by atoms with van der Waals surface area (Å²) in [5.41, 5.74) is 3.06. The Kier molecular flexibility index (Phi) is 7.48. The molecule has 0 aliphatic heterocycles. The summed E-state index contributed by atoms with van der Waals surface area (Å²) < 4.78 is 10.9. The normalized spacial score (nSPS) is 9.57. The van der Waals surface area contributed by atoms with E-state index in [1.54, 1.807) is 18.2 Å². The van der Waals surface area contributed by atoms with Crippen LogP contribution in [0.5, 0.6) is 5.75 Å². The number of rotatable bonds is 6. The molecule has 0 saturated heterocycles. The van der Waals surface area contributed by atoms with Gasteiger partial charge in [-0.15, -0.1) is 0 Å². The second kappa shape index (κ2) is 10.9. The number of carbonyl (C=O) groups excluding carboxylic acids is 1. The number of nitriles is 1. The molecular formula is C25H20N2O3. The van der Waals surface area contributed by atoms with Crippen molar-refractivity contribution in [1.29, 1.82) is 5.26 Å². The van der Waals surface area contributed by atoms with E-state index in [4.69, 9.17) is 9.47 Å². The minimum Gasteiger partial charge on any atom is -0.487 e. The smallest absolute Gasteiger partial charge is 0.408 e. The lowest BCUT2D eigenvalue weighted by Crippen LogP contribution is -2.24. The fourth-order valence-corrected chi connectivity index (χ4v) is 2.58. The molecule has 0 atom stereocenters. The average Bonchev–Trinajstić information content (AvgIpc) is 2.80. The number of ether oxygens (including phenoxy) is 2. The molecule has 3 aromatic rings. The van der Waals surface area contributed by atoms with Crippen LogP contribution >= 0.6 is 0 Å². The zero-order chi connectivity index (χ0) is 21.0. The van der Waals surface area contributed by atoms with Gasteiger partial charge in [0.15, 0.2) is 0 Å². The molecule has 1 amide bonds. The van der Waals surface area contributed by atoms with Gasteiger partial charge in [0.05, 0.1) is 12.1 Å². The minimum atomic E-state index is -0.528. The molecule has 1 N–H and O–H groups in total. The highest BCUT2D eigenvalue weighted by molar-refractivity contribution is 5.67. The predicted octanol–water partition coefficient (Wildman–Crippen LogP) is 4.42. The van der Waals surface area contributed by atoms with E-state index in [0.29, 0.717) is 23.5 Å². The maximum absolute atomic E-state index is 11.7. The van der Waals surface area contributed by atoms with Crippen molar-refractivity contribution in [3.05, 3.63) is 101 Å². The van der Waals surface area contributed by atoms with Crippen LogP contribution in [-0.4, -0.2) is 12.6 Å². The van der Waals surface area contributed by atoms with Crippen LogP contribution in [0.2, 0.25) is 0 Å². The van der Waals surface area contributed by atoms with Crippen LogP contribution in [0.1, 0.15) is 22.3 Å². The van der Waals surface area contributed by atoms with E-state index in [1.807, 2.05) is 60.7 Å². The molecule has 0 aromatic heterocycles. The lowest BCUT2D eigenvalue weighted by atomic mass is 10.1. The summed E-state index contributed by atoms with van der Waals surface area (Å²) in [5.74, 6) is 6.30. The molecule has 0 aliphatic rings. The van der Waals surface area contributed by atoms with Crippen molar-refractivity contribution < 1.29 is 14.3 Å². The molecule has 0 spiro atoms. The van der Waals surface area contributed by atoms with Crippen LogP contribution in [0.4, 0.5) is 4.79 Å². The van der Waals surface area contributed by atoms with Crippen LogP contribution in [0.15, 0.2) is 78.9 Å². The maximum atomic E-state index is 11.7. The molecule has 5 nitrogen and oxygen atoms in total. The number of benzene rings is 3. The Balaban J connectivity index is 1.52. The standard InChI is InChI=1S/C25H20N2O3/c26-17-23-14-13-20(16-24(23)29-18-21-8-3-1-4-9-21)12-7-15-27-25(28)30-19-22-10-5-2-6-11-22/h1-6,8-11,13-14,16H,15,18-19H2,(H,27,28). The molecule has 0 bridgehead atoms. The van der Waals surface area contributed by atoms with E-state index < -0.39 is 6.09 Å². The molecule has 0 radical (unpaired) electrons. The lowest BCUT2D eigenvalue weighted by Gasteiger charge is -2.08. The third-order valence-corrected chi connectivity index (χ3v) is 4.11. The second-order valence-corrected chi connectivity index (χ2v) is 6.31. The molecule has 0 heterocycles. The summed E-state index contributed by atoms with van der Waals surface area (Å²) in [6.45, 7) is 0.715. The van der Waals surface area contributed by atoms with Gasteiger partial charge in [0.1, 0.15) is 25.0 Å². The topological polar surface area (TPSA) is 71.4 Å². The van der Waals surface area contributed by atoms with E-state index >= 15 is 0 Å². The van der Waals surface area contributed by atoms with Crippen molar-refractivity contribution >= 4 is 6.09 Å². The van der Waals surface area contributed by atoms with Crippen LogP contribution in [-0.2, 0) is 18.0 Å². The summed E-state index contributed by atoms with van der Waals surface area (Å²) in [7, 11) is 0. The molecule has 0 fully saturated rings. The molecular weight excluding hydrogens is 376 g/mol. The van der Waals surface area contributed by atoms with Gasteiger partial charge in [-0.1, -0.05) is 72.5 Å². The highest BCUT2D eigenvalue weighted by atomic mass is 16.5. The number of alkyl carbamates (subject to hydrolysis) is 1. The summed E-state index contributed by atoms with van der Waals surface area (Å²) in [5, 5.41) is 11.9. The van der Waals surface area contributed by atoms with Crippen LogP contribution in [0, 0.1) is 23.2 Å². The summed E-state index contributed by atoms with van der Waals surface area (Å²) in [6.07, 6.45) is -0.528. The van der Waals surface area contributed by atoms with Gasteiger partial charge in [-0.25, -0.2) is 4.79 Å². The van der Waals surface area contributed by atoms with E-state index in [1.165, 1.54) is 0 Å². The Bertz CT molecular complexity index is 1080. The Morgan fingerprint density at radius 3 is 2.23 bits per heavy atom. The number of hydrogen-bond acceptors (Lipinski definition) is 4. The SMILES string of the molecule is N#Cc1ccc(C#CCNC(=O)OCc2ccccc2)cc1OCc1ccccc1. The quantitative estimate of drug-likeness (QED) is 0.627. The molecule has 0 aliphatic carbocycles. The van der Waals surface area contributed by atoms with Gasteiger partial charge < -0.3 is 14.8 Å². The summed E-state index contributed by atoms with van der Waals surface area (Å²) >= 11 is 0. The Hall–Kier alpha value is -4.22. The van der Waals surface area contributed by atoms with Crippen molar-refractivity contribution in [2.24, 2.45) is 0 Å². The van der Waals surface area contributed by atoms with Gasteiger partial charge >= 0.3 is 6.09 Å². The van der Waals surface area contributed by atoms with Gasteiger partial charge in [-0.3, -0.25) is 0 Å². The minimum absolute atomic E-state index is 0.147. The summed E-state index contributed by atoms with van der Waals surface area (Å²) in [4.78, 5) is 11.7. The van der Waals surface area contributed by atoms with Crippen molar-refractivity contribution in [2.45, 2.75) is 13.2 Å². The number of hydrogen-bond donors (Lipinski definition) is 1. The van der Waals surface area contributed by atoms with Crippen molar-refractivity contribution in [3.63, 3.8) is 0 Å². The zero-order valence-electron chi connectivity index (χ0n) is 16.3. The first-order valence-corrected chi connectivity index (χ1v) is 9.39. The second-order valence-electron chi connectivity index (χ2n) is 6.31. The molecule has 3 aromatic carbocycles. The van der Waals surface area contributed by atoms with Gasteiger partial charge in [-0.05, 0) is 29.3 Å². The first-order valence-electron chi connectivity index (χ1n) is 9.39. The van der Waals surface area contributed by atoms with E-state index in [0.717, 1.165) is 11.1 Å². The average molecular weight is 396 g/mol. The fourth-order valence-electron chi connectivity index (χ4n) is 2.58. The Morgan fingerprint density at radius 2 is 1.57 bits per heavy atom. The predicted molar refractivity (Wildman–Crippen MR) is 113 cm³/mol. The van der Waals surface area contributed by atoms with Crippen molar-refractivity contribution in [1.82, 2.24) is 5.32 Å². The van der Waals surface area contributed by atoms with E-state index in [-0.39, 0.29) is 13.2 Å². The monoisotopic (exact) mass is 396 g/mol. The van der Waals surface area contributed by atoms with Gasteiger partial charge in [-0.2, -0.15) is 5.26 Å². The lowest BCUT2D eigenvalue weighted by molar-refractivity contribution is 0.141. The molecule has 3 rings (SSSR count). The number of nitrogens with one attached hydrogen (secondary N) is 1. The number of nitrogens with zero attached hydrogens (tertiary/aromatic N) is 1. The molecule has 30 heavy (non-hydrogen) atoms. The number of amides is 1. The van der Waals surface area contributed by atoms with Crippen LogP contribution in [0.25, 0.3) is 0 Å². The third kappa shape index (κ3) is 6.44. The van der Waals surface area contributed by atoms with Crippen LogP contribution in [0.3, 0.4) is 0 Å². The highest BCUT2D eigenvalue weighted by Crippen LogP contribution is 2.20. The van der Waals surface area contributed by atoms with Crippen LogP contribution < -0.4 is 10.1 Å². The van der Waals surface area contributed by atoms with Gasteiger partial charge in [0.25, 0.3) is 0 Å². The van der Waals surface area contributed by atoms with E-state index in [2.05, 4.69) is 23.2 Å². The van der Waals surface area contributed by atoms with Crippen molar-refractivity contribution in [2.75, 3.05) is 6.54 Å². The third-order valence-electron chi connectivity index (χ3n) is 4.11. The molecule has 5 heteroatoms. The summed E-state index contributed by atoms with van der Waals surface area (Å²) in [6, 6.07) is 26.4. The molecule has 148 valence electrons. The zero-order valence-corrected chi connectivity index (χ0v) is 16.3. The Labute approximate surface area is 175 Å². The van der Waals surface area contributed by atoms with Crippen molar-refractivity contribution in [3.8, 4) is 23.7 Å². The number of carbonyl (C=O) groups is 1. The fraction of sp³-hybridized carbons (Fsp3) is 0.120. The highest BCUT2D eigenvalue weighted by Gasteiger charge is 2.05. The van der Waals surface area contributed by atoms with E-state index in [9.17, 15) is 10.1 Å². The van der Waals surface area contributed by atoms with Gasteiger partial charge in [0.2, 0.25) is 0 Å². The van der Waals surface area contributed by atoms with Gasteiger partial charge in [0, 0.05) is 5.56 Å². The molecule has 0 saturated carbocycles. The molecule has 0 unspecified atom stereocenters.